The number of nitrogens with zero attached hydrogens (tertiary/aromatic N) is 3. The molecule has 0 aliphatic carbocycles. The summed E-state index contributed by atoms with van der Waals surface area (Å²) in [7, 11) is 0. The molecule has 5 nitrogen and oxygen atoms in total. The van der Waals surface area contributed by atoms with Crippen molar-refractivity contribution in [3.63, 3.8) is 0 Å². The summed E-state index contributed by atoms with van der Waals surface area (Å²) >= 11 is 0. The number of pyridine rings is 1. The number of H-pyrrole nitrogens is 1. The van der Waals surface area contributed by atoms with Crippen molar-refractivity contribution < 1.29 is 0 Å². The van der Waals surface area contributed by atoms with Gasteiger partial charge in [-0.1, -0.05) is 24.3 Å². The van der Waals surface area contributed by atoms with Crippen LogP contribution < -0.4 is 5.73 Å². The lowest BCUT2D eigenvalue weighted by molar-refractivity contribution is 0.785. The predicted octanol–water partition coefficient (Wildman–Crippen LogP) is 1.91. The smallest absolute Gasteiger partial charge is 0.200 e. The van der Waals surface area contributed by atoms with Crippen molar-refractivity contribution in [2.24, 2.45) is 5.73 Å². The maximum absolute atomic E-state index is 5.49. The molecule has 0 bridgehead atoms. The number of hydrogen-bond donors (Lipinski definition) is 2. The van der Waals surface area contributed by atoms with Gasteiger partial charge in [-0.2, -0.15) is 5.10 Å². The standard InChI is InChI=1S/C14H15N5/c15-8-3-6-12-17-14(19-18-12)13-11-5-2-1-4-10(11)7-9-16-13/h1-2,4-5,7,9H,3,6,8,15H2,(H,17,18,19). The number of nitrogens with two attached hydrogens (primary N) is 1. The molecule has 0 aliphatic rings. The third kappa shape index (κ3) is 2.32. The van der Waals surface area contributed by atoms with E-state index in [0.717, 1.165) is 35.1 Å². The Labute approximate surface area is 110 Å². The summed E-state index contributed by atoms with van der Waals surface area (Å²) in [5.41, 5.74) is 6.31. The second kappa shape index (κ2) is 5.16. The minimum absolute atomic E-state index is 0.642. The molecule has 0 radical (unpaired) electrons. The van der Waals surface area contributed by atoms with Crippen molar-refractivity contribution in [3.05, 3.63) is 42.4 Å². The van der Waals surface area contributed by atoms with Gasteiger partial charge >= 0.3 is 0 Å². The van der Waals surface area contributed by atoms with Crippen molar-refractivity contribution in [1.29, 1.82) is 0 Å². The van der Waals surface area contributed by atoms with Crippen LogP contribution in [0.25, 0.3) is 22.3 Å². The maximum atomic E-state index is 5.49. The van der Waals surface area contributed by atoms with E-state index < -0.39 is 0 Å². The van der Waals surface area contributed by atoms with Crippen LogP contribution in [-0.2, 0) is 6.42 Å². The number of nitrogens with one attached hydrogen (secondary N) is 1. The minimum Gasteiger partial charge on any atom is -0.330 e. The predicted molar refractivity (Wildman–Crippen MR) is 74.5 cm³/mol. The third-order valence-electron chi connectivity index (χ3n) is 3.03. The summed E-state index contributed by atoms with van der Waals surface area (Å²) in [4.78, 5) is 8.88. The molecule has 0 saturated carbocycles. The molecule has 2 aromatic heterocycles. The molecule has 0 spiro atoms. The summed E-state index contributed by atoms with van der Waals surface area (Å²) in [6.45, 7) is 0.655. The number of aromatic amines is 1. The van der Waals surface area contributed by atoms with Gasteiger partial charge in [0.25, 0.3) is 0 Å². The Morgan fingerprint density at radius 3 is 2.95 bits per heavy atom. The Morgan fingerprint density at radius 1 is 1.16 bits per heavy atom. The van der Waals surface area contributed by atoms with Crippen molar-refractivity contribution in [1.82, 2.24) is 20.2 Å². The molecule has 0 unspecified atom stereocenters. The first-order valence-electron chi connectivity index (χ1n) is 6.34. The van der Waals surface area contributed by atoms with Gasteiger partial charge in [-0.05, 0) is 24.4 Å². The van der Waals surface area contributed by atoms with Crippen LogP contribution >= 0.6 is 0 Å². The summed E-state index contributed by atoms with van der Waals surface area (Å²) < 4.78 is 0. The van der Waals surface area contributed by atoms with E-state index in [1.807, 2.05) is 24.3 Å². The highest BCUT2D eigenvalue weighted by molar-refractivity contribution is 5.92. The zero-order chi connectivity index (χ0) is 13.1. The van der Waals surface area contributed by atoms with Gasteiger partial charge in [0.1, 0.15) is 11.5 Å². The molecular formula is C14H15N5. The number of aryl methyl sites for hydroxylation is 1. The topological polar surface area (TPSA) is 80.5 Å². The van der Waals surface area contributed by atoms with Crippen LogP contribution in [0.1, 0.15) is 12.2 Å². The Balaban J connectivity index is 2.02. The Hall–Kier alpha value is -2.27. The Bertz CT molecular complexity index is 684. The van der Waals surface area contributed by atoms with Gasteiger partial charge in [-0.25, -0.2) is 4.98 Å². The molecular weight excluding hydrogens is 238 g/mol. The van der Waals surface area contributed by atoms with Gasteiger partial charge < -0.3 is 5.73 Å². The molecule has 1 aromatic carbocycles. The van der Waals surface area contributed by atoms with Gasteiger partial charge in [0.15, 0.2) is 5.82 Å². The third-order valence-corrected chi connectivity index (χ3v) is 3.03. The molecule has 19 heavy (non-hydrogen) atoms. The van der Waals surface area contributed by atoms with Crippen molar-refractivity contribution in [2.75, 3.05) is 6.54 Å². The molecule has 2 heterocycles. The average molecular weight is 253 g/mol. The lowest BCUT2D eigenvalue weighted by Gasteiger charge is -2.00. The lowest BCUT2D eigenvalue weighted by atomic mass is 10.1. The van der Waals surface area contributed by atoms with Crippen LogP contribution in [0.5, 0.6) is 0 Å². The summed E-state index contributed by atoms with van der Waals surface area (Å²) in [6, 6.07) is 10.1. The van der Waals surface area contributed by atoms with Gasteiger partial charge in [-0.15, -0.1) is 0 Å². The van der Waals surface area contributed by atoms with E-state index in [2.05, 4.69) is 26.2 Å². The van der Waals surface area contributed by atoms with Crippen LogP contribution in [-0.4, -0.2) is 26.7 Å². The van der Waals surface area contributed by atoms with Gasteiger partial charge in [-0.3, -0.25) is 10.1 Å². The van der Waals surface area contributed by atoms with Crippen LogP contribution in [0.4, 0.5) is 0 Å². The number of rotatable bonds is 4. The number of benzene rings is 1. The van der Waals surface area contributed by atoms with Crippen LogP contribution in [0.3, 0.4) is 0 Å². The first kappa shape index (κ1) is 11.8. The normalized spacial score (nSPS) is 11.0. The summed E-state index contributed by atoms with van der Waals surface area (Å²) in [6.07, 6.45) is 3.50. The molecule has 3 rings (SSSR count). The first-order chi connectivity index (χ1) is 9.38. The van der Waals surface area contributed by atoms with Crippen molar-refractivity contribution in [3.8, 4) is 11.5 Å². The Kier molecular flexibility index (Phi) is 3.20. The molecule has 3 aromatic rings. The van der Waals surface area contributed by atoms with Crippen LogP contribution in [0.2, 0.25) is 0 Å². The fourth-order valence-electron chi connectivity index (χ4n) is 2.08. The molecule has 0 atom stereocenters. The molecule has 0 saturated heterocycles. The number of aromatic nitrogens is 4. The molecule has 96 valence electrons. The zero-order valence-corrected chi connectivity index (χ0v) is 10.5. The van der Waals surface area contributed by atoms with Crippen LogP contribution in [0, 0.1) is 0 Å². The fourth-order valence-corrected chi connectivity index (χ4v) is 2.08. The SMILES string of the molecule is NCCCc1nc(-c2nccc3ccccc23)n[nH]1. The number of hydrogen-bond acceptors (Lipinski definition) is 4. The number of fused-ring (bicyclic) bond motifs is 1. The van der Waals surface area contributed by atoms with E-state index in [4.69, 9.17) is 5.73 Å². The summed E-state index contributed by atoms with van der Waals surface area (Å²) in [5.74, 6) is 1.50. The highest BCUT2D eigenvalue weighted by atomic mass is 15.2. The summed E-state index contributed by atoms with van der Waals surface area (Å²) in [5, 5.41) is 9.40. The van der Waals surface area contributed by atoms with E-state index in [-0.39, 0.29) is 0 Å². The second-order valence-electron chi connectivity index (χ2n) is 4.38. The van der Waals surface area contributed by atoms with Gasteiger partial charge in [0.05, 0.1) is 0 Å². The maximum Gasteiger partial charge on any atom is 0.200 e. The van der Waals surface area contributed by atoms with Crippen LogP contribution in [0.15, 0.2) is 36.5 Å². The lowest BCUT2D eigenvalue weighted by Crippen LogP contribution is -2.01. The molecule has 0 amide bonds. The highest BCUT2D eigenvalue weighted by Gasteiger charge is 2.10. The van der Waals surface area contributed by atoms with Gasteiger partial charge in [0, 0.05) is 18.0 Å². The van der Waals surface area contributed by atoms with E-state index in [1.165, 1.54) is 0 Å². The van der Waals surface area contributed by atoms with Gasteiger partial charge in [0.2, 0.25) is 0 Å². The molecule has 3 N–H and O–H groups in total. The van der Waals surface area contributed by atoms with E-state index in [9.17, 15) is 0 Å². The monoisotopic (exact) mass is 253 g/mol. The van der Waals surface area contributed by atoms with E-state index in [0.29, 0.717) is 12.4 Å². The largest absolute Gasteiger partial charge is 0.330 e. The average Bonchev–Trinajstić information content (AvgIpc) is 2.93. The van der Waals surface area contributed by atoms with Crippen molar-refractivity contribution in [2.45, 2.75) is 12.8 Å². The first-order valence-corrected chi connectivity index (χ1v) is 6.34. The Morgan fingerprint density at radius 2 is 2.05 bits per heavy atom. The van der Waals surface area contributed by atoms with E-state index >= 15 is 0 Å². The molecule has 0 aliphatic heterocycles. The van der Waals surface area contributed by atoms with Crippen molar-refractivity contribution >= 4 is 10.8 Å². The fraction of sp³-hybridized carbons (Fsp3) is 0.214. The quantitative estimate of drug-likeness (QED) is 0.744. The zero-order valence-electron chi connectivity index (χ0n) is 10.5. The van der Waals surface area contributed by atoms with E-state index in [1.54, 1.807) is 6.20 Å². The minimum atomic E-state index is 0.642. The second-order valence-corrected chi connectivity index (χ2v) is 4.38. The highest BCUT2D eigenvalue weighted by Crippen LogP contribution is 2.23. The molecule has 5 heteroatoms. The molecule has 0 fully saturated rings.